The summed E-state index contributed by atoms with van der Waals surface area (Å²) in [6.07, 6.45) is 0.987. The fraction of sp³-hybridized carbons (Fsp3) is 0.467. The summed E-state index contributed by atoms with van der Waals surface area (Å²) in [6.45, 7) is 5.53. The van der Waals surface area contributed by atoms with Gasteiger partial charge < -0.3 is 4.90 Å². The molecule has 4 heteroatoms. The molecule has 0 radical (unpaired) electrons. The summed E-state index contributed by atoms with van der Waals surface area (Å²) in [6, 6.07) is 9.99. The van der Waals surface area contributed by atoms with Crippen LogP contribution in [0, 0.1) is 11.3 Å². The van der Waals surface area contributed by atoms with Crippen LogP contribution in [0.1, 0.15) is 22.8 Å². The van der Waals surface area contributed by atoms with Gasteiger partial charge in [0, 0.05) is 31.7 Å². The second-order valence-electron chi connectivity index (χ2n) is 4.78. The number of amides is 1. The Bertz CT molecular complexity index is 467. The van der Waals surface area contributed by atoms with E-state index in [1.807, 2.05) is 29.2 Å². The average molecular weight is 257 g/mol. The smallest absolute Gasteiger partial charge is 0.253 e. The van der Waals surface area contributed by atoms with Crippen molar-refractivity contribution < 1.29 is 4.79 Å². The molecule has 0 bridgehead atoms. The lowest BCUT2D eigenvalue weighted by molar-refractivity contribution is 0.0652. The van der Waals surface area contributed by atoms with Gasteiger partial charge in [0.15, 0.2) is 0 Å². The summed E-state index contributed by atoms with van der Waals surface area (Å²) in [5, 5.41) is 8.65. The number of carbonyl (C=O) groups excluding carboxylic acids is 1. The Balaban J connectivity index is 1.95. The normalized spacial score (nSPS) is 16.1. The van der Waals surface area contributed by atoms with Crippen LogP contribution in [0.25, 0.3) is 0 Å². The Morgan fingerprint density at radius 1 is 1.21 bits per heavy atom. The van der Waals surface area contributed by atoms with Gasteiger partial charge in [-0.05, 0) is 24.1 Å². The van der Waals surface area contributed by atoms with Crippen molar-refractivity contribution in [3.05, 3.63) is 35.4 Å². The molecule has 0 spiro atoms. The summed E-state index contributed by atoms with van der Waals surface area (Å²) >= 11 is 0. The number of aryl methyl sites for hydroxylation is 1. The van der Waals surface area contributed by atoms with Crippen LogP contribution < -0.4 is 0 Å². The molecule has 19 heavy (non-hydrogen) atoms. The van der Waals surface area contributed by atoms with Crippen LogP contribution in [0.15, 0.2) is 24.3 Å². The molecule has 1 fully saturated rings. The third kappa shape index (κ3) is 3.33. The molecular weight excluding hydrogens is 238 g/mol. The molecule has 1 aromatic carbocycles. The highest BCUT2D eigenvalue weighted by Gasteiger charge is 2.21. The molecule has 0 aliphatic carbocycles. The highest BCUT2D eigenvalue weighted by atomic mass is 16.2. The van der Waals surface area contributed by atoms with Crippen molar-refractivity contribution in [3.63, 3.8) is 0 Å². The molecule has 1 heterocycles. The lowest BCUT2D eigenvalue weighted by Crippen LogP contribution is -2.48. The summed E-state index contributed by atoms with van der Waals surface area (Å²) in [4.78, 5) is 16.2. The first-order valence-corrected chi connectivity index (χ1v) is 6.72. The Kier molecular flexibility index (Phi) is 4.53. The van der Waals surface area contributed by atoms with Gasteiger partial charge in [0.05, 0.1) is 12.6 Å². The van der Waals surface area contributed by atoms with Crippen LogP contribution in [0.4, 0.5) is 0 Å². The van der Waals surface area contributed by atoms with Crippen molar-refractivity contribution in [1.82, 2.24) is 9.80 Å². The van der Waals surface area contributed by atoms with E-state index < -0.39 is 0 Å². The monoisotopic (exact) mass is 257 g/mol. The van der Waals surface area contributed by atoms with E-state index in [-0.39, 0.29) is 5.91 Å². The zero-order valence-electron chi connectivity index (χ0n) is 11.3. The van der Waals surface area contributed by atoms with E-state index in [0.29, 0.717) is 19.6 Å². The van der Waals surface area contributed by atoms with Gasteiger partial charge in [0.25, 0.3) is 5.91 Å². The first kappa shape index (κ1) is 13.6. The van der Waals surface area contributed by atoms with Gasteiger partial charge in [-0.2, -0.15) is 5.26 Å². The van der Waals surface area contributed by atoms with Gasteiger partial charge in [-0.1, -0.05) is 19.1 Å². The number of rotatable bonds is 3. The number of nitriles is 1. The minimum atomic E-state index is 0.0965. The highest BCUT2D eigenvalue weighted by molar-refractivity contribution is 5.94. The molecule has 0 aromatic heterocycles. The van der Waals surface area contributed by atoms with E-state index in [2.05, 4.69) is 17.9 Å². The van der Waals surface area contributed by atoms with Gasteiger partial charge in [-0.3, -0.25) is 9.69 Å². The number of hydrogen-bond donors (Lipinski definition) is 0. The molecular formula is C15H19N3O. The molecule has 1 aromatic rings. The van der Waals surface area contributed by atoms with Crippen molar-refractivity contribution in [2.75, 3.05) is 32.7 Å². The maximum atomic E-state index is 12.3. The standard InChI is InChI=1S/C15H19N3O/c1-2-13-3-5-14(6-4-13)15(19)18-11-9-17(8-7-16)10-12-18/h3-6H,2,8-12H2,1H3. The molecule has 0 N–H and O–H groups in total. The fourth-order valence-corrected chi connectivity index (χ4v) is 2.27. The highest BCUT2D eigenvalue weighted by Crippen LogP contribution is 2.10. The van der Waals surface area contributed by atoms with Crippen LogP contribution in [0.2, 0.25) is 0 Å². The maximum absolute atomic E-state index is 12.3. The van der Waals surface area contributed by atoms with Crippen molar-refractivity contribution in [2.24, 2.45) is 0 Å². The summed E-state index contributed by atoms with van der Waals surface area (Å²) < 4.78 is 0. The predicted octanol–water partition coefficient (Wildman–Crippen LogP) is 1.53. The Labute approximate surface area is 114 Å². The molecule has 0 saturated carbocycles. The topological polar surface area (TPSA) is 47.3 Å². The third-order valence-corrected chi connectivity index (χ3v) is 3.56. The SMILES string of the molecule is CCc1ccc(C(=O)N2CCN(CC#N)CC2)cc1. The lowest BCUT2D eigenvalue weighted by atomic mass is 10.1. The largest absolute Gasteiger partial charge is 0.336 e. The first-order chi connectivity index (χ1) is 9.24. The zero-order valence-corrected chi connectivity index (χ0v) is 11.3. The van der Waals surface area contributed by atoms with E-state index in [0.717, 1.165) is 25.1 Å². The quantitative estimate of drug-likeness (QED) is 0.772. The van der Waals surface area contributed by atoms with Crippen LogP contribution in [-0.2, 0) is 6.42 Å². The van der Waals surface area contributed by atoms with Gasteiger partial charge in [-0.25, -0.2) is 0 Å². The zero-order chi connectivity index (χ0) is 13.7. The Hall–Kier alpha value is -1.86. The van der Waals surface area contributed by atoms with Crippen molar-refractivity contribution in [2.45, 2.75) is 13.3 Å². The summed E-state index contributed by atoms with van der Waals surface area (Å²) in [5.41, 5.74) is 2.00. The van der Waals surface area contributed by atoms with Crippen molar-refractivity contribution >= 4 is 5.91 Å². The fourth-order valence-electron chi connectivity index (χ4n) is 2.27. The molecule has 4 nitrogen and oxygen atoms in total. The Morgan fingerprint density at radius 2 is 1.84 bits per heavy atom. The summed E-state index contributed by atoms with van der Waals surface area (Å²) in [7, 11) is 0. The van der Waals surface area contributed by atoms with E-state index in [4.69, 9.17) is 5.26 Å². The number of benzene rings is 1. The lowest BCUT2D eigenvalue weighted by Gasteiger charge is -2.33. The predicted molar refractivity (Wildman–Crippen MR) is 73.8 cm³/mol. The van der Waals surface area contributed by atoms with Gasteiger partial charge in [0.1, 0.15) is 0 Å². The second kappa shape index (κ2) is 6.35. The molecule has 1 aliphatic heterocycles. The van der Waals surface area contributed by atoms with E-state index in [1.165, 1.54) is 5.56 Å². The van der Waals surface area contributed by atoms with Gasteiger partial charge in [-0.15, -0.1) is 0 Å². The number of carbonyl (C=O) groups is 1. The molecule has 1 saturated heterocycles. The number of hydrogen-bond acceptors (Lipinski definition) is 3. The third-order valence-electron chi connectivity index (χ3n) is 3.56. The molecule has 0 unspecified atom stereocenters. The van der Waals surface area contributed by atoms with Crippen LogP contribution in [0.3, 0.4) is 0 Å². The van der Waals surface area contributed by atoms with E-state index in [1.54, 1.807) is 0 Å². The average Bonchev–Trinajstić information content (AvgIpc) is 2.48. The maximum Gasteiger partial charge on any atom is 0.253 e. The first-order valence-electron chi connectivity index (χ1n) is 6.72. The second-order valence-corrected chi connectivity index (χ2v) is 4.78. The Morgan fingerprint density at radius 3 is 2.37 bits per heavy atom. The minimum absolute atomic E-state index is 0.0965. The molecule has 1 aliphatic rings. The number of piperazine rings is 1. The molecule has 1 amide bonds. The van der Waals surface area contributed by atoms with E-state index in [9.17, 15) is 4.79 Å². The van der Waals surface area contributed by atoms with Gasteiger partial charge >= 0.3 is 0 Å². The van der Waals surface area contributed by atoms with Crippen LogP contribution in [0.5, 0.6) is 0 Å². The number of nitrogens with zero attached hydrogens (tertiary/aromatic N) is 3. The van der Waals surface area contributed by atoms with Gasteiger partial charge in [0.2, 0.25) is 0 Å². The molecule has 2 rings (SSSR count). The van der Waals surface area contributed by atoms with Crippen LogP contribution in [-0.4, -0.2) is 48.4 Å². The van der Waals surface area contributed by atoms with Crippen molar-refractivity contribution in [1.29, 1.82) is 5.26 Å². The van der Waals surface area contributed by atoms with Crippen LogP contribution >= 0.6 is 0 Å². The van der Waals surface area contributed by atoms with Crippen molar-refractivity contribution in [3.8, 4) is 6.07 Å². The summed E-state index contributed by atoms with van der Waals surface area (Å²) in [5.74, 6) is 0.0965. The van der Waals surface area contributed by atoms with E-state index >= 15 is 0 Å². The molecule has 0 atom stereocenters. The minimum Gasteiger partial charge on any atom is -0.336 e. The molecule has 100 valence electrons.